The molecule has 0 saturated carbocycles. The Bertz CT molecular complexity index is 85.0. The van der Waals surface area contributed by atoms with Crippen LogP contribution in [-0.4, -0.2) is 28.3 Å². The zero-order valence-corrected chi connectivity index (χ0v) is 6.17. The molecule has 0 fully saturated rings. The van der Waals surface area contributed by atoms with E-state index >= 15 is 0 Å². The summed E-state index contributed by atoms with van der Waals surface area (Å²) in [5, 5.41) is 17.5. The third-order valence-corrected chi connectivity index (χ3v) is 0.928. The van der Waals surface area contributed by atoms with E-state index in [2.05, 4.69) is 6.58 Å². The summed E-state index contributed by atoms with van der Waals surface area (Å²) in [5.41, 5.74) is 0. The van der Waals surface area contributed by atoms with Gasteiger partial charge in [0.05, 0.1) is 0 Å². The van der Waals surface area contributed by atoms with Crippen LogP contribution in [0.3, 0.4) is 0 Å². The van der Waals surface area contributed by atoms with Gasteiger partial charge in [0.1, 0.15) is 6.54 Å². The second-order valence-electron chi connectivity index (χ2n) is 1.67. The smallest absolute Gasteiger partial charge is 0.160 e. The molecule has 0 rings (SSSR count). The molecule has 0 aliphatic rings. The van der Waals surface area contributed by atoms with Crippen LogP contribution >= 0.6 is 0 Å². The maximum absolute atomic E-state index is 8.75. The van der Waals surface area contributed by atoms with Gasteiger partial charge in [-0.3, -0.25) is 0 Å². The van der Waals surface area contributed by atoms with Crippen LogP contribution in [0.1, 0.15) is 6.92 Å². The molecule has 0 aromatic heterocycles. The summed E-state index contributed by atoms with van der Waals surface area (Å²) in [6.07, 6.45) is 1.46. The summed E-state index contributed by atoms with van der Waals surface area (Å²) < 4.78 is 0. The van der Waals surface area contributed by atoms with Crippen molar-refractivity contribution in [1.29, 1.82) is 0 Å². The van der Waals surface area contributed by atoms with Crippen LogP contribution in [-0.2, 0) is 0 Å². The summed E-state index contributed by atoms with van der Waals surface area (Å²) >= 11 is 0. The van der Waals surface area contributed by atoms with Gasteiger partial charge in [0.2, 0.25) is 0 Å². The van der Waals surface area contributed by atoms with Crippen molar-refractivity contribution in [2.24, 2.45) is 0 Å². The van der Waals surface area contributed by atoms with E-state index in [0.717, 1.165) is 0 Å². The standard InChI is InChI=1S/C5H12NO2.ClH/c1-3-5-6(7,8)4-2;/h3,7-8H,1,4-5H2,2H3;1H/q+1;/p-1. The van der Waals surface area contributed by atoms with Crippen LogP contribution in [0.15, 0.2) is 12.7 Å². The SMILES string of the molecule is C=CC[N+](O)(O)CC.[Cl-]. The van der Waals surface area contributed by atoms with Crippen molar-refractivity contribution < 1.29 is 27.6 Å². The lowest BCUT2D eigenvalue weighted by Gasteiger charge is -2.16. The molecule has 0 amide bonds. The maximum atomic E-state index is 8.75. The highest BCUT2D eigenvalue weighted by molar-refractivity contribution is 4.62. The molecule has 0 saturated heterocycles. The van der Waals surface area contributed by atoms with Gasteiger partial charge >= 0.3 is 0 Å². The molecule has 0 radical (unpaired) electrons. The van der Waals surface area contributed by atoms with Crippen LogP contribution in [0, 0.1) is 0 Å². The topological polar surface area (TPSA) is 40.5 Å². The highest BCUT2D eigenvalue weighted by atomic mass is 35.5. The van der Waals surface area contributed by atoms with Crippen molar-refractivity contribution >= 4 is 0 Å². The quantitative estimate of drug-likeness (QED) is 0.274. The van der Waals surface area contributed by atoms with Crippen molar-refractivity contribution in [3.63, 3.8) is 0 Å². The number of likely N-dealkylation sites (N-methyl/N-ethyl adjacent to an activating group) is 1. The minimum absolute atomic E-state index is 0. The lowest BCUT2D eigenvalue weighted by molar-refractivity contribution is -1.24. The molecule has 56 valence electrons. The fourth-order valence-corrected chi connectivity index (χ4v) is 0.336. The first-order valence-electron chi connectivity index (χ1n) is 2.56. The first-order chi connectivity index (χ1) is 3.62. The third-order valence-electron chi connectivity index (χ3n) is 0.928. The van der Waals surface area contributed by atoms with Gasteiger partial charge in [0.15, 0.2) is 6.54 Å². The summed E-state index contributed by atoms with van der Waals surface area (Å²) in [6.45, 7) is 5.50. The van der Waals surface area contributed by atoms with Crippen molar-refractivity contribution in [1.82, 2.24) is 0 Å². The first-order valence-corrected chi connectivity index (χ1v) is 2.56. The number of quaternary nitrogens is 1. The Morgan fingerprint density at radius 1 is 1.56 bits per heavy atom. The number of hydroxylamine groups is 4. The molecule has 2 N–H and O–H groups in total. The second kappa shape index (κ2) is 4.76. The predicted octanol–water partition coefficient (Wildman–Crippen LogP) is -2.21. The van der Waals surface area contributed by atoms with Crippen molar-refractivity contribution in [2.45, 2.75) is 6.92 Å². The van der Waals surface area contributed by atoms with Crippen molar-refractivity contribution in [3.05, 3.63) is 12.7 Å². The Balaban J connectivity index is 0. The lowest BCUT2D eigenvalue weighted by Crippen LogP contribution is -3.00. The normalized spacial score (nSPS) is 10.1. The molecular weight excluding hydrogens is 142 g/mol. The molecule has 3 nitrogen and oxygen atoms in total. The van der Waals surface area contributed by atoms with Gasteiger partial charge in [-0.15, -0.1) is 0 Å². The molecule has 4 heteroatoms. The minimum atomic E-state index is -0.955. The lowest BCUT2D eigenvalue weighted by atomic mass is 10.6. The van der Waals surface area contributed by atoms with E-state index < -0.39 is 4.81 Å². The minimum Gasteiger partial charge on any atom is -1.00 e. The van der Waals surface area contributed by atoms with E-state index in [9.17, 15) is 0 Å². The second-order valence-corrected chi connectivity index (χ2v) is 1.67. The number of halogens is 1. The highest BCUT2D eigenvalue weighted by Crippen LogP contribution is 1.92. The van der Waals surface area contributed by atoms with E-state index in [1.165, 1.54) is 6.08 Å². The van der Waals surface area contributed by atoms with Gasteiger partial charge in [-0.1, -0.05) is 6.58 Å². The van der Waals surface area contributed by atoms with E-state index in [1.54, 1.807) is 6.92 Å². The monoisotopic (exact) mass is 153 g/mol. The molecule has 0 unspecified atom stereocenters. The first kappa shape index (κ1) is 11.7. The van der Waals surface area contributed by atoms with Gasteiger partial charge in [-0.25, -0.2) is 0 Å². The van der Waals surface area contributed by atoms with Crippen LogP contribution in [0.5, 0.6) is 0 Å². The Hall–Kier alpha value is -0.0900. The largest absolute Gasteiger partial charge is 1.00 e. The molecular formula is C5H12ClNO2. The number of rotatable bonds is 3. The van der Waals surface area contributed by atoms with Crippen LogP contribution in [0.25, 0.3) is 0 Å². The maximum Gasteiger partial charge on any atom is 0.160 e. The predicted molar refractivity (Wildman–Crippen MR) is 29.4 cm³/mol. The molecule has 0 atom stereocenters. The fraction of sp³-hybridized carbons (Fsp3) is 0.600. The van der Waals surface area contributed by atoms with Crippen molar-refractivity contribution in [3.8, 4) is 0 Å². The number of nitrogens with zero attached hydrogens (tertiary/aromatic N) is 1. The molecule has 0 aromatic rings. The van der Waals surface area contributed by atoms with Gasteiger partial charge in [0, 0.05) is 0 Å². The van der Waals surface area contributed by atoms with Gasteiger partial charge in [-0.05, 0) is 17.8 Å². The molecule has 0 bridgehead atoms. The Morgan fingerprint density at radius 2 is 2.00 bits per heavy atom. The summed E-state index contributed by atoms with van der Waals surface area (Å²) in [6, 6.07) is 0. The summed E-state index contributed by atoms with van der Waals surface area (Å²) in [5.74, 6) is 0. The molecule has 0 aliphatic heterocycles. The third kappa shape index (κ3) is 5.79. The van der Waals surface area contributed by atoms with Crippen molar-refractivity contribution in [2.75, 3.05) is 13.1 Å². The zero-order chi connectivity index (χ0) is 6.62. The van der Waals surface area contributed by atoms with Crippen LogP contribution in [0.4, 0.5) is 0 Å². The molecule has 0 aromatic carbocycles. The average molecular weight is 154 g/mol. The Morgan fingerprint density at radius 3 is 2.11 bits per heavy atom. The Kier molecular flexibility index (Phi) is 6.17. The van der Waals surface area contributed by atoms with Crippen LogP contribution < -0.4 is 12.4 Å². The zero-order valence-electron chi connectivity index (χ0n) is 5.42. The van der Waals surface area contributed by atoms with E-state index in [1.807, 2.05) is 0 Å². The van der Waals surface area contributed by atoms with Gasteiger partial charge in [0.25, 0.3) is 0 Å². The molecule has 0 heterocycles. The number of hydrogen-bond acceptors (Lipinski definition) is 2. The van der Waals surface area contributed by atoms with E-state index in [-0.39, 0.29) is 25.5 Å². The summed E-state index contributed by atoms with van der Waals surface area (Å²) in [4.78, 5) is -0.955. The molecule has 0 spiro atoms. The summed E-state index contributed by atoms with van der Waals surface area (Å²) in [7, 11) is 0. The fourth-order valence-electron chi connectivity index (χ4n) is 0.336. The van der Waals surface area contributed by atoms with E-state index in [0.29, 0.717) is 0 Å². The van der Waals surface area contributed by atoms with Gasteiger partial charge < -0.3 is 12.4 Å². The molecule has 0 aliphatic carbocycles. The number of hydrogen-bond donors (Lipinski definition) is 2. The van der Waals surface area contributed by atoms with E-state index in [4.69, 9.17) is 10.4 Å². The highest BCUT2D eigenvalue weighted by Gasteiger charge is 2.15. The average Bonchev–Trinajstić information content (AvgIpc) is 1.67. The van der Waals surface area contributed by atoms with Gasteiger partial charge in [-0.2, -0.15) is 10.4 Å². The van der Waals surface area contributed by atoms with Crippen LogP contribution in [0.2, 0.25) is 0 Å². The molecule has 9 heavy (non-hydrogen) atoms. The Labute approximate surface area is 61.1 Å².